The summed E-state index contributed by atoms with van der Waals surface area (Å²) in [7, 11) is 0. The van der Waals surface area contributed by atoms with E-state index in [1.54, 1.807) is 6.20 Å². The zero-order valence-electron chi connectivity index (χ0n) is 17.4. The van der Waals surface area contributed by atoms with Crippen molar-refractivity contribution >= 4 is 17.6 Å². The van der Waals surface area contributed by atoms with E-state index >= 15 is 0 Å². The Kier molecular flexibility index (Phi) is 5.15. The van der Waals surface area contributed by atoms with Gasteiger partial charge in [-0.2, -0.15) is 0 Å². The van der Waals surface area contributed by atoms with Gasteiger partial charge in [0.25, 0.3) is 5.91 Å². The monoisotopic (exact) mass is 391 g/mol. The number of aryl methyl sites for hydroxylation is 1. The second kappa shape index (κ2) is 7.62. The van der Waals surface area contributed by atoms with Crippen LogP contribution >= 0.6 is 0 Å². The fraction of sp³-hybridized carbons (Fsp3) is 0.458. The van der Waals surface area contributed by atoms with Crippen LogP contribution in [0.5, 0.6) is 0 Å². The van der Waals surface area contributed by atoms with Gasteiger partial charge in [0.15, 0.2) is 0 Å². The van der Waals surface area contributed by atoms with Gasteiger partial charge in [-0.15, -0.1) is 0 Å². The van der Waals surface area contributed by atoms with Crippen molar-refractivity contribution < 1.29 is 9.59 Å². The highest BCUT2D eigenvalue weighted by molar-refractivity contribution is 6.05. The zero-order chi connectivity index (χ0) is 20.6. The SMILES string of the molecule is Cc1cccnc1NC(=O)C1c2ccccc2C(=O)N(CC(C)C)C12CCCC2. The molecule has 2 aromatic rings. The molecule has 4 rings (SSSR count). The molecule has 5 nitrogen and oxygen atoms in total. The van der Waals surface area contributed by atoms with Crippen molar-refractivity contribution in [2.75, 3.05) is 11.9 Å². The maximum atomic E-state index is 13.7. The van der Waals surface area contributed by atoms with Crippen LogP contribution in [0.25, 0.3) is 0 Å². The quantitative estimate of drug-likeness (QED) is 0.832. The first-order chi connectivity index (χ1) is 13.9. The molecule has 1 fully saturated rings. The smallest absolute Gasteiger partial charge is 0.254 e. The number of rotatable bonds is 4. The minimum atomic E-state index is -0.456. The van der Waals surface area contributed by atoms with E-state index < -0.39 is 5.54 Å². The van der Waals surface area contributed by atoms with Gasteiger partial charge in [-0.25, -0.2) is 4.98 Å². The second-order valence-electron chi connectivity index (χ2n) is 8.80. The van der Waals surface area contributed by atoms with Crippen LogP contribution in [0, 0.1) is 12.8 Å². The van der Waals surface area contributed by atoms with Crippen molar-refractivity contribution in [3.63, 3.8) is 0 Å². The number of aromatic nitrogens is 1. The number of benzene rings is 1. The Hall–Kier alpha value is -2.69. The standard InChI is InChI=1S/C24H29N3O2/c1-16(2)15-27-23(29)19-11-5-4-10-18(19)20(24(27)12-6-7-13-24)22(28)26-21-17(3)9-8-14-25-21/h4-5,8-11,14,16,20H,6-7,12-13,15H2,1-3H3,(H,25,26,28). The van der Waals surface area contributed by atoms with Crippen molar-refractivity contribution in [1.29, 1.82) is 0 Å². The number of anilines is 1. The third kappa shape index (κ3) is 3.33. The molecule has 1 aliphatic heterocycles. The summed E-state index contributed by atoms with van der Waals surface area (Å²) in [6, 6.07) is 11.4. The zero-order valence-corrected chi connectivity index (χ0v) is 17.4. The molecule has 1 saturated carbocycles. The van der Waals surface area contributed by atoms with E-state index in [1.807, 2.05) is 48.2 Å². The lowest BCUT2D eigenvalue weighted by atomic mass is 9.70. The molecule has 1 unspecified atom stereocenters. The average molecular weight is 392 g/mol. The van der Waals surface area contributed by atoms with E-state index in [0.717, 1.165) is 36.8 Å². The van der Waals surface area contributed by atoms with Gasteiger partial charge in [0.2, 0.25) is 5.91 Å². The van der Waals surface area contributed by atoms with Gasteiger partial charge in [-0.1, -0.05) is 51.0 Å². The van der Waals surface area contributed by atoms with Gasteiger partial charge >= 0.3 is 0 Å². The Balaban J connectivity index is 1.82. The Morgan fingerprint density at radius 2 is 1.93 bits per heavy atom. The number of fused-ring (bicyclic) bond motifs is 1. The molecule has 0 saturated heterocycles. The molecule has 1 spiro atoms. The first-order valence-corrected chi connectivity index (χ1v) is 10.6. The molecule has 2 amide bonds. The number of amides is 2. The molecule has 1 aliphatic carbocycles. The minimum Gasteiger partial charge on any atom is -0.332 e. The maximum absolute atomic E-state index is 13.7. The van der Waals surface area contributed by atoms with Crippen molar-refractivity contribution in [2.24, 2.45) is 5.92 Å². The molecule has 1 atom stereocenters. The summed E-state index contributed by atoms with van der Waals surface area (Å²) in [4.78, 5) is 33.5. The lowest BCUT2D eigenvalue weighted by Crippen LogP contribution is -2.60. The topological polar surface area (TPSA) is 62.3 Å². The summed E-state index contributed by atoms with van der Waals surface area (Å²) in [5.41, 5.74) is 1.98. The predicted octanol–water partition coefficient (Wildman–Crippen LogP) is 4.54. The largest absolute Gasteiger partial charge is 0.332 e. The molecule has 29 heavy (non-hydrogen) atoms. The van der Waals surface area contributed by atoms with Crippen LogP contribution in [0.3, 0.4) is 0 Å². The highest BCUT2D eigenvalue weighted by Gasteiger charge is 2.55. The molecule has 1 aromatic heterocycles. The number of nitrogens with one attached hydrogen (secondary N) is 1. The number of nitrogens with zero attached hydrogens (tertiary/aromatic N) is 2. The van der Waals surface area contributed by atoms with E-state index in [0.29, 0.717) is 23.8 Å². The lowest BCUT2D eigenvalue weighted by Gasteiger charge is -2.50. The Bertz CT molecular complexity index is 931. The van der Waals surface area contributed by atoms with E-state index in [4.69, 9.17) is 0 Å². The van der Waals surface area contributed by atoms with E-state index in [1.165, 1.54) is 0 Å². The number of hydrogen-bond donors (Lipinski definition) is 1. The summed E-state index contributed by atoms with van der Waals surface area (Å²) in [5.74, 6) is 0.537. The van der Waals surface area contributed by atoms with Crippen LogP contribution in [0.4, 0.5) is 5.82 Å². The molecule has 2 heterocycles. The van der Waals surface area contributed by atoms with Gasteiger partial charge in [0.1, 0.15) is 5.82 Å². The summed E-state index contributed by atoms with van der Waals surface area (Å²) in [5, 5.41) is 3.07. The lowest BCUT2D eigenvalue weighted by molar-refractivity contribution is -0.121. The van der Waals surface area contributed by atoms with Gasteiger partial charge in [-0.05, 0) is 48.9 Å². The van der Waals surface area contributed by atoms with Crippen molar-refractivity contribution in [2.45, 2.75) is 57.9 Å². The first kappa shape index (κ1) is 19.6. The van der Waals surface area contributed by atoms with Crippen LogP contribution in [-0.2, 0) is 4.79 Å². The molecule has 1 aromatic carbocycles. The predicted molar refractivity (Wildman–Crippen MR) is 114 cm³/mol. The number of pyridine rings is 1. The summed E-state index contributed by atoms with van der Waals surface area (Å²) < 4.78 is 0. The minimum absolute atomic E-state index is 0.0641. The van der Waals surface area contributed by atoms with Gasteiger partial charge in [0, 0.05) is 18.3 Å². The summed E-state index contributed by atoms with van der Waals surface area (Å²) >= 11 is 0. The third-order valence-electron chi connectivity index (χ3n) is 6.35. The van der Waals surface area contributed by atoms with Gasteiger partial charge in [-0.3, -0.25) is 9.59 Å². The number of carbonyl (C=O) groups is 2. The Morgan fingerprint density at radius 3 is 2.62 bits per heavy atom. The van der Waals surface area contributed by atoms with Crippen LogP contribution in [-0.4, -0.2) is 33.8 Å². The van der Waals surface area contributed by atoms with Crippen molar-refractivity contribution in [3.8, 4) is 0 Å². The van der Waals surface area contributed by atoms with Crippen molar-refractivity contribution in [1.82, 2.24) is 9.88 Å². The fourth-order valence-corrected chi connectivity index (χ4v) is 5.10. The van der Waals surface area contributed by atoms with Crippen molar-refractivity contribution in [3.05, 3.63) is 59.3 Å². The second-order valence-corrected chi connectivity index (χ2v) is 8.80. The third-order valence-corrected chi connectivity index (χ3v) is 6.35. The molecule has 152 valence electrons. The van der Waals surface area contributed by atoms with Gasteiger partial charge in [0.05, 0.1) is 11.5 Å². The Morgan fingerprint density at radius 1 is 1.21 bits per heavy atom. The van der Waals surface area contributed by atoms with Crippen LogP contribution in [0.2, 0.25) is 0 Å². The number of carbonyl (C=O) groups excluding carboxylic acids is 2. The van der Waals surface area contributed by atoms with E-state index in [-0.39, 0.29) is 17.7 Å². The molecular formula is C24H29N3O2. The van der Waals surface area contributed by atoms with Crippen LogP contribution in [0.1, 0.15) is 66.9 Å². The van der Waals surface area contributed by atoms with Crippen LogP contribution < -0.4 is 5.32 Å². The van der Waals surface area contributed by atoms with E-state index in [2.05, 4.69) is 24.1 Å². The van der Waals surface area contributed by atoms with E-state index in [9.17, 15) is 9.59 Å². The molecule has 0 radical (unpaired) electrons. The summed E-state index contributed by atoms with van der Waals surface area (Å²) in [6.07, 6.45) is 5.49. The molecule has 2 aliphatic rings. The summed E-state index contributed by atoms with van der Waals surface area (Å²) in [6.45, 7) is 6.86. The first-order valence-electron chi connectivity index (χ1n) is 10.6. The Labute approximate surface area is 172 Å². The molecule has 1 N–H and O–H groups in total. The highest BCUT2D eigenvalue weighted by Crippen LogP contribution is 2.50. The highest BCUT2D eigenvalue weighted by atomic mass is 16.2. The average Bonchev–Trinajstić information content (AvgIpc) is 3.17. The fourth-order valence-electron chi connectivity index (χ4n) is 5.10. The molecule has 5 heteroatoms. The number of hydrogen-bond acceptors (Lipinski definition) is 3. The maximum Gasteiger partial charge on any atom is 0.254 e. The molecular weight excluding hydrogens is 362 g/mol. The normalized spacial score (nSPS) is 20.2. The van der Waals surface area contributed by atoms with Gasteiger partial charge < -0.3 is 10.2 Å². The molecule has 0 bridgehead atoms. The van der Waals surface area contributed by atoms with Crippen LogP contribution in [0.15, 0.2) is 42.6 Å².